The van der Waals surface area contributed by atoms with Gasteiger partial charge in [0.1, 0.15) is 0 Å². The number of esters is 1. The summed E-state index contributed by atoms with van der Waals surface area (Å²) in [4.78, 5) is 24.3. The maximum absolute atomic E-state index is 12.3. The highest BCUT2D eigenvalue weighted by molar-refractivity contribution is 5.76. The molecule has 0 aromatic carbocycles. The molecule has 0 aliphatic carbocycles. The first-order valence-corrected chi connectivity index (χ1v) is 22.8. The predicted molar refractivity (Wildman–Crippen MR) is 227 cm³/mol. The molecule has 6 nitrogen and oxygen atoms in total. The summed E-state index contributed by atoms with van der Waals surface area (Å²) in [6, 6.07) is -0.644. The van der Waals surface area contributed by atoms with Crippen LogP contribution in [0.25, 0.3) is 0 Å². The molecule has 3 N–H and O–H groups in total. The van der Waals surface area contributed by atoms with E-state index in [9.17, 15) is 19.8 Å². The quantitative estimate of drug-likeness (QED) is 0.0329. The highest BCUT2D eigenvalue weighted by atomic mass is 16.5. The molecule has 2 unspecified atom stereocenters. The molecule has 0 heterocycles. The highest BCUT2D eigenvalue weighted by Gasteiger charge is 2.18. The Morgan fingerprint density at radius 1 is 0.509 bits per heavy atom. The standard InChI is InChI=1S/C47H87NO5/c1-3-5-7-9-11-13-14-15-16-17-21-25-29-33-37-41-47(52)53-42-38-34-30-26-22-19-18-20-24-28-32-36-40-46(51)48-44(43-49)45(50)39-35-31-27-23-12-10-8-6-4-2/h15-16,19,22,35,39,44-45,49-50H,3-14,17-18,20-21,23-34,36-38,40-43H2,1-2H3,(H,48,51)/b16-15-,22-19-,39-35+. The van der Waals surface area contributed by atoms with Gasteiger partial charge in [0.25, 0.3) is 0 Å². The minimum absolute atomic E-state index is 0.0339. The van der Waals surface area contributed by atoms with Crippen molar-refractivity contribution in [3.63, 3.8) is 0 Å². The van der Waals surface area contributed by atoms with Crippen LogP contribution in [-0.4, -0.2) is 47.4 Å². The molecule has 0 saturated carbocycles. The third-order valence-corrected chi connectivity index (χ3v) is 10.1. The van der Waals surface area contributed by atoms with Gasteiger partial charge in [-0.25, -0.2) is 0 Å². The SMILES string of the molecule is CCCCCCCC/C=C\CCCCCCCC(=O)OCCCCC/C=C\CCCCCCCC(=O)NC(CO)C(O)/C=C/CCCCCCCCC. The predicted octanol–water partition coefficient (Wildman–Crippen LogP) is 12.9. The number of amides is 1. The number of ether oxygens (including phenoxy) is 1. The van der Waals surface area contributed by atoms with Crippen molar-refractivity contribution in [2.45, 2.75) is 238 Å². The molecule has 0 aliphatic heterocycles. The molecule has 0 bridgehead atoms. The molecule has 2 atom stereocenters. The first-order chi connectivity index (χ1) is 26.0. The second kappa shape index (κ2) is 42.8. The Balaban J connectivity index is 3.53. The lowest BCUT2D eigenvalue weighted by atomic mass is 10.1. The lowest BCUT2D eigenvalue weighted by molar-refractivity contribution is -0.143. The van der Waals surface area contributed by atoms with Crippen molar-refractivity contribution in [1.82, 2.24) is 5.32 Å². The van der Waals surface area contributed by atoms with Crippen LogP contribution < -0.4 is 5.32 Å². The van der Waals surface area contributed by atoms with E-state index in [1.807, 2.05) is 6.08 Å². The molecule has 0 spiro atoms. The van der Waals surface area contributed by atoms with Crippen LogP contribution in [0.2, 0.25) is 0 Å². The van der Waals surface area contributed by atoms with E-state index in [2.05, 4.69) is 43.5 Å². The summed E-state index contributed by atoms with van der Waals surface area (Å²) in [5.41, 5.74) is 0. The van der Waals surface area contributed by atoms with Gasteiger partial charge in [-0.2, -0.15) is 0 Å². The fourth-order valence-corrected chi connectivity index (χ4v) is 6.56. The van der Waals surface area contributed by atoms with Gasteiger partial charge in [0.05, 0.1) is 25.4 Å². The van der Waals surface area contributed by atoms with Crippen molar-refractivity contribution in [2.24, 2.45) is 0 Å². The maximum atomic E-state index is 12.3. The van der Waals surface area contributed by atoms with Gasteiger partial charge in [0, 0.05) is 12.8 Å². The number of allylic oxidation sites excluding steroid dienone is 5. The van der Waals surface area contributed by atoms with Gasteiger partial charge < -0.3 is 20.3 Å². The fraction of sp³-hybridized carbons (Fsp3) is 0.830. The average Bonchev–Trinajstić information content (AvgIpc) is 3.16. The number of hydrogen-bond donors (Lipinski definition) is 3. The van der Waals surface area contributed by atoms with E-state index in [0.29, 0.717) is 19.4 Å². The van der Waals surface area contributed by atoms with E-state index < -0.39 is 12.1 Å². The first kappa shape index (κ1) is 51.1. The number of carbonyl (C=O) groups is 2. The van der Waals surface area contributed by atoms with Crippen LogP contribution in [-0.2, 0) is 14.3 Å². The van der Waals surface area contributed by atoms with Gasteiger partial charge in [-0.1, -0.05) is 159 Å². The van der Waals surface area contributed by atoms with Crippen LogP contribution in [0.3, 0.4) is 0 Å². The van der Waals surface area contributed by atoms with E-state index >= 15 is 0 Å². The average molecular weight is 746 g/mol. The number of rotatable bonds is 41. The van der Waals surface area contributed by atoms with E-state index in [1.165, 1.54) is 116 Å². The van der Waals surface area contributed by atoms with E-state index in [0.717, 1.165) is 83.5 Å². The molecular weight excluding hydrogens is 659 g/mol. The Bertz CT molecular complexity index is 869. The van der Waals surface area contributed by atoms with Crippen LogP contribution in [0.5, 0.6) is 0 Å². The summed E-state index contributed by atoms with van der Waals surface area (Å²) in [6.45, 7) is 4.78. The monoisotopic (exact) mass is 746 g/mol. The van der Waals surface area contributed by atoms with E-state index in [4.69, 9.17) is 4.74 Å². The third-order valence-electron chi connectivity index (χ3n) is 10.1. The molecule has 0 saturated heterocycles. The number of aliphatic hydroxyl groups is 2. The molecule has 6 heteroatoms. The van der Waals surface area contributed by atoms with Crippen molar-refractivity contribution in [2.75, 3.05) is 13.2 Å². The Hall–Kier alpha value is -1.92. The van der Waals surface area contributed by atoms with E-state index in [-0.39, 0.29) is 18.5 Å². The van der Waals surface area contributed by atoms with Gasteiger partial charge in [-0.05, 0) is 89.9 Å². The molecule has 0 radical (unpaired) electrons. The zero-order valence-corrected chi connectivity index (χ0v) is 35.0. The van der Waals surface area contributed by atoms with Crippen LogP contribution in [0.15, 0.2) is 36.5 Å². The molecule has 0 fully saturated rings. The number of unbranched alkanes of at least 4 members (excludes halogenated alkanes) is 26. The fourth-order valence-electron chi connectivity index (χ4n) is 6.56. The van der Waals surface area contributed by atoms with Crippen LogP contribution >= 0.6 is 0 Å². The third kappa shape index (κ3) is 39.6. The number of aliphatic hydroxyl groups excluding tert-OH is 2. The zero-order chi connectivity index (χ0) is 38.7. The topological polar surface area (TPSA) is 95.9 Å². The number of carbonyl (C=O) groups excluding carboxylic acids is 2. The maximum Gasteiger partial charge on any atom is 0.305 e. The Kier molecular flexibility index (Phi) is 41.3. The van der Waals surface area contributed by atoms with Gasteiger partial charge in [0.15, 0.2) is 0 Å². The van der Waals surface area contributed by atoms with Crippen molar-refractivity contribution >= 4 is 11.9 Å². The van der Waals surface area contributed by atoms with Crippen molar-refractivity contribution in [3.05, 3.63) is 36.5 Å². The zero-order valence-electron chi connectivity index (χ0n) is 35.0. The van der Waals surface area contributed by atoms with Gasteiger partial charge in [-0.3, -0.25) is 9.59 Å². The normalized spacial score (nSPS) is 13.1. The largest absolute Gasteiger partial charge is 0.466 e. The van der Waals surface area contributed by atoms with Crippen LogP contribution in [0, 0.1) is 0 Å². The van der Waals surface area contributed by atoms with Gasteiger partial charge in [-0.15, -0.1) is 0 Å². The lowest BCUT2D eigenvalue weighted by Crippen LogP contribution is -2.45. The highest BCUT2D eigenvalue weighted by Crippen LogP contribution is 2.13. The summed E-state index contributed by atoms with van der Waals surface area (Å²) in [5.74, 6) is -0.133. The molecule has 0 aromatic rings. The van der Waals surface area contributed by atoms with Crippen molar-refractivity contribution < 1.29 is 24.5 Å². The molecule has 0 aliphatic rings. The molecule has 53 heavy (non-hydrogen) atoms. The molecule has 1 amide bonds. The van der Waals surface area contributed by atoms with Crippen LogP contribution in [0.1, 0.15) is 226 Å². The number of hydrogen-bond acceptors (Lipinski definition) is 5. The minimum atomic E-state index is -0.858. The van der Waals surface area contributed by atoms with Crippen molar-refractivity contribution in [1.29, 1.82) is 0 Å². The molecular formula is C47H87NO5. The second-order valence-corrected chi connectivity index (χ2v) is 15.4. The van der Waals surface area contributed by atoms with Crippen LogP contribution in [0.4, 0.5) is 0 Å². The summed E-state index contributed by atoms with van der Waals surface area (Å²) in [5, 5.41) is 22.8. The summed E-state index contributed by atoms with van der Waals surface area (Å²) >= 11 is 0. The van der Waals surface area contributed by atoms with Gasteiger partial charge >= 0.3 is 5.97 Å². The molecule has 0 rings (SSSR count). The number of nitrogens with one attached hydrogen (secondary N) is 1. The Morgan fingerprint density at radius 2 is 0.887 bits per heavy atom. The Labute approximate surface area is 328 Å². The summed E-state index contributed by atoms with van der Waals surface area (Å²) < 4.78 is 5.43. The smallest absolute Gasteiger partial charge is 0.305 e. The van der Waals surface area contributed by atoms with E-state index in [1.54, 1.807) is 6.08 Å². The summed E-state index contributed by atoms with van der Waals surface area (Å²) in [6.07, 6.45) is 49.9. The second-order valence-electron chi connectivity index (χ2n) is 15.4. The van der Waals surface area contributed by atoms with Gasteiger partial charge in [0.2, 0.25) is 5.91 Å². The summed E-state index contributed by atoms with van der Waals surface area (Å²) in [7, 11) is 0. The molecule has 310 valence electrons. The first-order valence-electron chi connectivity index (χ1n) is 22.8. The Morgan fingerprint density at radius 3 is 1.34 bits per heavy atom. The minimum Gasteiger partial charge on any atom is -0.466 e. The van der Waals surface area contributed by atoms with Crippen molar-refractivity contribution in [3.8, 4) is 0 Å². The molecule has 0 aromatic heterocycles. The lowest BCUT2D eigenvalue weighted by Gasteiger charge is -2.20.